The van der Waals surface area contributed by atoms with E-state index in [0.29, 0.717) is 30.5 Å². The lowest BCUT2D eigenvalue weighted by Crippen LogP contribution is -2.34. The van der Waals surface area contributed by atoms with Crippen LogP contribution in [-0.4, -0.2) is 35.2 Å². The zero-order chi connectivity index (χ0) is 21.6. The molecule has 3 aromatic rings. The Morgan fingerprint density at radius 1 is 0.871 bits per heavy atom. The van der Waals surface area contributed by atoms with E-state index in [-0.39, 0.29) is 5.91 Å². The molecule has 1 aliphatic carbocycles. The second-order valence-electron chi connectivity index (χ2n) is 8.22. The summed E-state index contributed by atoms with van der Waals surface area (Å²) in [5.41, 5.74) is 3.22. The van der Waals surface area contributed by atoms with Crippen molar-refractivity contribution in [2.45, 2.75) is 25.7 Å². The molecule has 1 aromatic heterocycles. The van der Waals surface area contributed by atoms with Crippen molar-refractivity contribution in [2.24, 2.45) is 11.8 Å². The molecule has 160 valence electrons. The molecule has 0 spiro atoms. The molecular formula is C25H27N3O3. The Hall–Kier alpha value is -3.41. The summed E-state index contributed by atoms with van der Waals surface area (Å²) >= 11 is 0. The highest BCUT2D eigenvalue weighted by atomic mass is 16.4. The van der Waals surface area contributed by atoms with Gasteiger partial charge in [-0.3, -0.25) is 4.79 Å². The number of fused-ring (bicyclic) bond motifs is 1. The van der Waals surface area contributed by atoms with Crippen molar-refractivity contribution >= 4 is 22.9 Å². The number of amides is 2. The van der Waals surface area contributed by atoms with Gasteiger partial charge in [0.05, 0.1) is 16.8 Å². The number of carboxylic acid groups (broad SMARTS) is 1. The van der Waals surface area contributed by atoms with Crippen LogP contribution in [0.4, 0.5) is 4.79 Å². The molecule has 4 rings (SSSR count). The minimum atomic E-state index is -0.964. The Morgan fingerprint density at radius 2 is 1.48 bits per heavy atom. The smallest absolute Gasteiger partial charge is 0.404 e. The largest absolute Gasteiger partial charge is 0.465 e. The maximum atomic E-state index is 13.1. The van der Waals surface area contributed by atoms with Crippen molar-refractivity contribution < 1.29 is 14.7 Å². The van der Waals surface area contributed by atoms with Crippen molar-refractivity contribution in [3.63, 3.8) is 0 Å². The quantitative estimate of drug-likeness (QED) is 0.542. The lowest BCUT2D eigenvalue weighted by Gasteiger charge is -2.28. The minimum absolute atomic E-state index is 0.0783. The number of nitrogens with one attached hydrogen (secondary N) is 2. The number of carbonyl (C=O) groups is 2. The van der Waals surface area contributed by atoms with Gasteiger partial charge in [-0.2, -0.15) is 0 Å². The SMILES string of the molecule is O=C(O)NC[C@H]1CC[C@H](CNC(=O)c2cc(-c3ccccc3)nc3ccccc23)CC1. The molecule has 0 radical (unpaired) electrons. The fourth-order valence-corrected chi connectivity index (χ4v) is 4.32. The molecule has 2 aromatic carbocycles. The van der Waals surface area contributed by atoms with Crippen LogP contribution in [0.15, 0.2) is 60.7 Å². The van der Waals surface area contributed by atoms with Gasteiger partial charge in [0.25, 0.3) is 5.91 Å². The maximum absolute atomic E-state index is 13.1. The van der Waals surface area contributed by atoms with Gasteiger partial charge < -0.3 is 15.7 Å². The number of para-hydroxylation sites is 1. The first-order valence-corrected chi connectivity index (χ1v) is 10.8. The van der Waals surface area contributed by atoms with E-state index >= 15 is 0 Å². The number of rotatable bonds is 6. The maximum Gasteiger partial charge on any atom is 0.404 e. The number of benzene rings is 2. The Labute approximate surface area is 181 Å². The van der Waals surface area contributed by atoms with Crippen molar-refractivity contribution in [2.75, 3.05) is 13.1 Å². The van der Waals surface area contributed by atoms with E-state index in [9.17, 15) is 9.59 Å². The van der Waals surface area contributed by atoms with Crippen LogP contribution in [-0.2, 0) is 0 Å². The Balaban J connectivity index is 1.44. The van der Waals surface area contributed by atoms with Gasteiger partial charge in [-0.1, -0.05) is 48.5 Å². The van der Waals surface area contributed by atoms with Crippen molar-refractivity contribution in [1.82, 2.24) is 15.6 Å². The summed E-state index contributed by atoms with van der Waals surface area (Å²) in [6.45, 7) is 1.15. The van der Waals surface area contributed by atoms with E-state index in [4.69, 9.17) is 10.1 Å². The summed E-state index contributed by atoms with van der Waals surface area (Å²) in [7, 11) is 0. The van der Waals surface area contributed by atoms with Crippen molar-refractivity contribution in [1.29, 1.82) is 0 Å². The van der Waals surface area contributed by atoms with Gasteiger partial charge in [-0.05, 0) is 49.7 Å². The number of aromatic nitrogens is 1. The summed E-state index contributed by atoms with van der Waals surface area (Å²) in [5, 5.41) is 15.2. The van der Waals surface area contributed by atoms with Crippen LogP contribution in [0.2, 0.25) is 0 Å². The topological polar surface area (TPSA) is 91.3 Å². The van der Waals surface area contributed by atoms with Crippen molar-refractivity contribution in [3.05, 3.63) is 66.2 Å². The minimum Gasteiger partial charge on any atom is -0.465 e. The molecule has 6 nitrogen and oxygen atoms in total. The fourth-order valence-electron chi connectivity index (χ4n) is 4.32. The molecule has 2 amide bonds. The van der Waals surface area contributed by atoms with E-state index < -0.39 is 6.09 Å². The Kier molecular flexibility index (Phi) is 6.46. The van der Waals surface area contributed by atoms with Gasteiger partial charge in [0, 0.05) is 24.0 Å². The number of hydrogen-bond donors (Lipinski definition) is 3. The lowest BCUT2D eigenvalue weighted by molar-refractivity contribution is 0.0942. The third-order valence-electron chi connectivity index (χ3n) is 6.09. The summed E-state index contributed by atoms with van der Waals surface area (Å²) in [6.07, 6.45) is 3.00. The summed E-state index contributed by atoms with van der Waals surface area (Å²) in [4.78, 5) is 28.5. The number of pyridine rings is 1. The second kappa shape index (κ2) is 9.60. The molecule has 31 heavy (non-hydrogen) atoms. The van der Waals surface area contributed by atoms with Gasteiger partial charge in [0.2, 0.25) is 0 Å². The van der Waals surface area contributed by atoms with E-state index in [1.54, 1.807) is 0 Å². The van der Waals surface area contributed by atoms with E-state index in [1.165, 1.54) is 0 Å². The zero-order valence-corrected chi connectivity index (χ0v) is 17.4. The first kappa shape index (κ1) is 20.8. The van der Waals surface area contributed by atoms with Crippen LogP contribution >= 0.6 is 0 Å². The van der Waals surface area contributed by atoms with E-state index in [2.05, 4.69) is 10.6 Å². The summed E-state index contributed by atoms with van der Waals surface area (Å²) in [5.74, 6) is 0.734. The van der Waals surface area contributed by atoms with E-state index in [1.807, 2.05) is 60.7 Å². The monoisotopic (exact) mass is 417 g/mol. The van der Waals surface area contributed by atoms with Gasteiger partial charge in [-0.15, -0.1) is 0 Å². The molecule has 0 unspecified atom stereocenters. The Bertz CT molecular complexity index is 1060. The average molecular weight is 418 g/mol. The third-order valence-corrected chi connectivity index (χ3v) is 6.09. The Morgan fingerprint density at radius 3 is 2.16 bits per heavy atom. The first-order valence-electron chi connectivity index (χ1n) is 10.8. The molecule has 0 aliphatic heterocycles. The molecule has 3 N–H and O–H groups in total. The van der Waals surface area contributed by atoms with Crippen LogP contribution in [0.3, 0.4) is 0 Å². The predicted octanol–water partition coefficient (Wildman–Crippen LogP) is 4.71. The molecule has 0 atom stereocenters. The summed E-state index contributed by atoms with van der Waals surface area (Å²) < 4.78 is 0. The highest BCUT2D eigenvalue weighted by molar-refractivity contribution is 6.07. The molecule has 6 heteroatoms. The van der Waals surface area contributed by atoms with Crippen LogP contribution < -0.4 is 10.6 Å². The fraction of sp³-hybridized carbons (Fsp3) is 0.320. The van der Waals surface area contributed by atoms with Crippen molar-refractivity contribution in [3.8, 4) is 11.3 Å². The molecule has 1 fully saturated rings. The average Bonchev–Trinajstić information content (AvgIpc) is 2.81. The first-order chi connectivity index (χ1) is 15.1. The highest BCUT2D eigenvalue weighted by Gasteiger charge is 2.22. The molecule has 0 bridgehead atoms. The summed E-state index contributed by atoms with van der Waals surface area (Å²) in [6, 6.07) is 19.5. The van der Waals surface area contributed by atoms with E-state index in [0.717, 1.165) is 47.8 Å². The van der Waals surface area contributed by atoms with Crippen LogP contribution in [0.25, 0.3) is 22.2 Å². The predicted molar refractivity (Wildman–Crippen MR) is 121 cm³/mol. The van der Waals surface area contributed by atoms with Crippen LogP contribution in [0, 0.1) is 11.8 Å². The van der Waals surface area contributed by atoms with Gasteiger partial charge in [0.15, 0.2) is 0 Å². The van der Waals surface area contributed by atoms with Gasteiger partial charge in [0.1, 0.15) is 0 Å². The zero-order valence-electron chi connectivity index (χ0n) is 17.4. The lowest BCUT2D eigenvalue weighted by atomic mass is 9.82. The molecule has 1 aliphatic rings. The third kappa shape index (κ3) is 5.20. The number of carbonyl (C=O) groups excluding carboxylic acids is 1. The number of hydrogen-bond acceptors (Lipinski definition) is 3. The highest BCUT2D eigenvalue weighted by Crippen LogP contribution is 2.28. The van der Waals surface area contributed by atoms with Gasteiger partial charge >= 0.3 is 6.09 Å². The van der Waals surface area contributed by atoms with Gasteiger partial charge in [-0.25, -0.2) is 9.78 Å². The second-order valence-corrected chi connectivity index (χ2v) is 8.22. The molecule has 1 heterocycles. The van der Waals surface area contributed by atoms with Crippen LogP contribution in [0.1, 0.15) is 36.0 Å². The van der Waals surface area contributed by atoms with Crippen LogP contribution in [0.5, 0.6) is 0 Å². The molecule has 1 saturated carbocycles. The molecule has 0 saturated heterocycles. The molecular weight excluding hydrogens is 390 g/mol. The number of nitrogens with zero attached hydrogens (tertiary/aromatic N) is 1. The standard InChI is InChI=1S/C25H27N3O3/c29-24(26-15-17-10-12-18(13-11-17)16-27-25(30)31)21-14-23(19-6-2-1-3-7-19)28-22-9-5-4-8-20(21)22/h1-9,14,17-18,27H,10-13,15-16H2,(H,26,29)(H,30,31)/t17-,18-. The normalized spacial score (nSPS) is 18.5.